The predicted molar refractivity (Wildman–Crippen MR) is 76.7 cm³/mol. The largest absolute Gasteiger partial charge is 0.388 e. The maximum Gasteiger partial charge on any atom is 0.380 e. The van der Waals surface area contributed by atoms with E-state index in [4.69, 9.17) is 14.9 Å². The van der Waals surface area contributed by atoms with Gasteiger partial charge in [0.05, 0.1) is 19.8 Å². The number of methoxy groups -OCH3 is 1. The number of ether oxygens (including phenoxy) is 3. The van der Waals surface area contributed by atoms with E-state index < -0.39 is 56.7 Å². The molecule has 0 radical (unpaired) electrons. The van der Waals surface area contributed by atoms with Gasteiger partial charge in [0.1, 0.15) is 19.4 Å². The van der Waals surface area contributed by atoms with Crippen LogP contribution in [0.4, 0.5) is 52.7 Å². The molecule has 0 fully saturated rings. The third kappa shape index (κ3) is 37.2. The van der Waals surface area contributed by atoms with Crippen molar-refractivity contribution in [2.75, 3.05) is 47.1 Å². The highest BCUT2D eigenvalue weighted by molar-refractivity contribution is 4.77. The molecule has 0 saturated carbocycles. The third-order valence-corrected chi connectivity index (χ3v) is 1.63. The Morgan fingerprint density at radius 3 is 1.43 bits per heavy atom. The number of hydrogen-bond donors (Lipinski definition) is 2. The molecule has 30 heavy (non-hydrogen) atoms. The first kappa shape index (κ1) is 35.9. The van der Waals surface area contributed by atoms with Gasteiger partial charge in [-0.1, -0.05) is 0 Å². The van der Waals surface area contributed by atoms with Crippen LogP contribution in [-0.4, -0.2) is 69.5 Å². The van der Waals surface area contributed by atoms with Gasteiger partial charge >= 0.3 is 30.4 Å². The summed E-state index contributed by atoms with van der Waals surface area (Å²) >= 11 is 0. The summed E-state index contributed by atoms with van der Waals surface area (Å²) in [5.41, 5.74) is 0. The van der Waals surface area contributed by atoms with E-state index in [0.29, 0.717) is 0 Å². The van der Waals surface area contributed by atoms with Gasteiger partial charge in [0.25, 0.3) is 0 Å². The molecule has 0 aromatic carbocycles. The van der Waals surface area contributed by atoms with E-state index in [-0.39, 0.29) is 19.8 Å². The topological polar surface area (TPSA) is 68.2 Å². The molecule has 1 unspecified atom stereocenters. The lowest BCUT2D eigenvalue weighted by Crippen LogP contribution is -2.24. The SMILES string of the molecule is COCC(O)COCCF.FC(F)=C(F)F.FC(F)=C(F)F.OCC(F)(F)OCF. The van der Waals surface area contributed by atoms with E-state index in [2.05, 4.69) is 9.47 Å². The fourth-order valence-electron chi connectivity index (χ4n) is 0.640. The van der Waals surface area contributed by atoms with E-state index in [9.17, 15) is 52.7 Å². The van der Waals surface area contributed by atoms with Gasteiger partial charge in [-0.15, -0.1) is 0 Å². The normalized spacial score (nSPS) is 10.9. The Hall–Kier alpha value is -1.56. The molecule has 0 heterocycles. The number of aliphatic hydroxyl groups excluding tert-OH is 2. The lowest BCUT2D eigenvalue weighted by molar-refractivity contribution is -0.272. The first-order chi connectivity index (χ1) is 13.7. The zero-order valence-electron chi connectivity index (χ0n) is 15.0. The molecule has 0 spiro atoms. The van der Waals surface area contributed by atoms with Crippen molar-refractivity contribution in [2.45, 2.75) is 12.2 Å². The minimum Gasteiger partial charge on any atom is -0.388 e. The third-order valence-electron chi connectivity index (χ3n) is 1.63. The van der Waals surface area contributed by atoms with Crippen LogP contribution in [-0.2, 0) is 14.2 Å². The Morgan fingerprint density at radius 2 is 1.23 bits per heavy atom. The molecule has 0 bridgehead atoms. The number of halogens is 12. The zero-order valence-corrected chi connectivity index (χ0v) is 15.0. The number of aliphatic hydroxyl groups is 2. The Balaban J connectivity index is -0.000000154. The average molecular weight is 482 g/mol. The first-order valence-electron chi connectivity index (χ1n) is 6.94. The molecule has 0 saturated heterocycles. The van der Waals surface area contributed by atoms with Gasteiger partial charge in [0.2, 0.25) is 0 Å². The highest BCUT2D eigenvalue weighted by Gasteiger charge is 2.28. The Labute approximate surface area is 162 Å². The molecule has 0 aromatic heterocycles. The molecule has 5 nitrogen and oxygen atoms in total. The van der Waals surface area contributed by atoms with Gasteiger partial charge < -0.3 is 19.7 Å². The summed E-state index contributed by atoms with van der Waals surface area (Å²) in [6.07, 6.45) is -16.0. The van der Waals surface area contributed by atoms with Crippen molar-refractivity contribution in [3.05, 3.63) is 24.3 Å². The molecule has 0 aliphatic carbocycles. The van der Waals surface area contributed by atoms with E-state index >= 15 is 0 Å². The predicted octanol–water partition coefficient (Wildman–Crippen LogP) is 4.48. The highest BCUT2D eigenvalue weighted by atomic mass is 19.3. The van der Waals surface area contributed by atoms with Crippen LogP contribution in [0, 0.1) is 0 Å². The molecule has 0 aliphatic heterocycles. The second kappa shape index (κ2) is 23.7. The fourth-order valence-corrected chi connectivity index (χ4v) is 0.640. The number of alkyl halides is 4. The van der Waals surface area contributed by atoms with Crippen LogP contribution in [0.15, 0.2) is 24.3 Å². The van der Waals surface area contributed by atoms with Crippen LogP contribution in [0.25, 0.3) is 0 Å². The average Bonchev–Trinajstić information content (AvgIpc) is 2.63. The molecule has 17 heteroatoms. The first-order valence-corrected chi connectivity index (χ1v) is 6.94. The van der Waals surface area contributed by atoms with E-state index in [1.165, 1.54) is 7.11 Å². The standard InChI is InChI=1S/C6H13FO3.C3H5F3O2.2C2F4/c1-9-4-6(8)5-10-3-2-7;4-2-8-3(5,6)1-7;2*3-1(4)2(5)6/h6,8H,2-5H2,1H3;7H,1-2H2;;. The summed E-state index contributed by atoms with van der Waals surface area (Å²) < 4.78 is 140. The fraction of sp³-hybridized carbons (Fsp3) is 0.692. The number of hydrogen-bond acceptors (Lipinski definition) is 5. The molecule has 2 N–H and O–H groups in total. The monoisotopic (exact) mass is 482 g/mol. The van der Waals surface area contributed by atoms with Gasteiger partial charge in [-0.3, -0.25) is 4.74 Å². The van der Waals surface area contributed by atoms with Gasteiger partial charge in [0.15, 0.2) is 6.86 Å². The van der Waals surface area contributed by atoms with Crippen molar-refractivity contribution in [1.82, 2.24) is 0 Å². The lowest BCUT2D eigenvalue weighted by Gasteiger charge is -2.09. The molecular formula is C13H18F12O5. The maximum absolute atomic E-state index is 11.4. The minimum absolute atomic E-state index is 0.0424. The Kier molecular flexibility index (Phi) is 28.3. The Bertz CT molecular complexity index is 392. The lowest BCUT2D eigenvalue weighted by atomic mass is 10.4. The van der Waals surface area contributed by atoms with Gasteiger partial charge in [-0.05, 0) is 0 Å². The van der Waals surface area contributed by atoms with Crippen molar-refractivity contribution in [2.24, 2.45) is 0 Å². The summed E-state index contributed by atoms with van der Waals surface area (Å²) in [6.45, 7) is -3.19. The summed E-state index contributed by atoms with van der Waals surface area (Å²) in [7, 11) is 1.48. The van der Waals surface area contributed by atoms with Crippen LogP contribution < -0.4 is 0 Å². The summed E-state index contributed by atoms with van der Waals surface area (Å²) in [6, 6.07) is 0. The van der Waals surface area contributed by atoms with Crippen LogP contribution in [0.1, 0.15) is 0 Å². The van der Waals surface area contributed by atoms with Crippen molar-refractivity contribution in [3.8, 4) is 0 Å². The van der Waals surface area contributed by atoms with Crippen molar-refractivity contribution < 1.29 is 77.1 Å². The van der Waals surface area contributed by atoms with Crippen LogP contribution in [0.3, 0.4) is 0 Å². The van der Waals surface area contributed by atoms with Crippen LogP contribution in [0.5, 0.6) is 0 Å². The number of rotatable bonds is 9. The second-order valence-electron chi connectivity index (χ2n) is 3.96. The van der Waals surface area contributed by atoms with Crippen LogP contribution in [0.2, 0.25) is 0 Å². The second-order valence-corrected chi connectivity index (χ2v) is 3.96. The van der Waals surface area contributed by atoms with Crippen molar-refractivity contribution in [1.29, 1.82) is 0 Å². The molecule has 0 amide bonds. The minimum atomic E-state index is -3.73. The van der Waals surface area contributed by atoms with Gasteiger partial charge in [-0.2, -0.15) is 43.9 Å². The summed E-state index contributed by atoms with van der Waals surface area (Å²) in [5, 5.41) is 16.6. The van der Waals surface area contributed by atoms with E-state index in [1.54, 1.807) is 0 Å². The van der Waals surface area contributed by atoms with Gasteiger partial charge in [0, 0.05) is 7.11 Å². The molecule has 184 valence electrons. The molecular weight excluding hydrogens is 464 g/mol. The zero-order chi connectivity index (χ0) is 24.8. The van der Waals surface area contributed by atoms with E-state index in [0.717, 1.165) is 0 Å². The van der Waals surface area contributed by atoms with Gasteiger partial charge in [-0.25, -0.2) is 8.78 Å². The smallest absolute Gasteiger partial charge is 0.380 e. The maximum atomic E-state index is 11.4. The van der Waals surface area contributed by atoms with E-state index in [1.807, 2.05) is 0 Å². The Morgan fingerprint density at radius 1 is 0.833 bits per heavy atom. The summed E-state index contributed by atoms with van der Waals surface area (Å²) in [4.78, 5) is 0. The quantitative estimate of drug-likeness (QED) is 0.375. The van der Waals surface area contributed by atoms with Crippen LogP contribution >= 0.6 is 0 Å². The molecule has 0 aromatic rings. The molecule has 0 rings (SSSR count). The van der Waals surface area contributed by atoms with Crippen molar-refractivity contribution >= 4 is 0 Å². The highest BCUT2D eigenvalue weighted by Crippen LogP contribution is 2.12. The molecule has 1 atom stereocenters. The summed E-state index contributed by atoms with van der Waals surface area (Å²) in [5.74, 6) is 0. The van der Waals surface area contributed by atoms with Crippen molar-refractivity contribution in [3.63, 3.8) is 0 Å². The molecule has 0 aliphatic rings.